The fourth-order valence-corrected chi connectivity index (χ4v) is 7.19. The average molecular weight is 850 g/mol. The molecule has 0 saturated carbocycles. The van der Waals surface area contributed by atoms with Crippen molar-refractivity contribution in [2.45, 2.75) is 213 Å². The van der Waals surface area contributed by atoms with Crippen molar-refractivity contribution in [2.75, 3.05) is 26.4 Å². The van der Waals surface area contributed by atoms with E-state index in [4.69, 9.17) is 24.3 Å². The molecular weight excluding hydrogens is 762 g/mol. The van der Waals surface area contributed by atoms with Crippen molar-refractivity contribution in [1.82, 2.24) is 0 Å². The lowest BCUT2D eigenvalue weighted by molar-refractivity contribution is -0.161. The lowest BCUT2D eigenvalue weighted by Gasteiger charge is -2.19. The van der Waals surface area contributed by atoms with Crippen LogP contribution in [0.25, 0.3) is 0 Å². The first-order valence-electron chi connectivity index (χ1n) is 23.8. The number of allylic oxidation sites excluding steroid dienone is 10. The maximum Gasteiger partial charge on any atom is 0.472 e. The Kier molecular flexibility index (Phi) is 43.5. The molecular formula is C49H88NO8P. The number of hydrogen-bond donors (Lipinski definition) is 2. The second-order valence-corrected chi connectivity index (χ2v) is 17.1. The van der Waals surface area contributed by atoms with Crippen LogP contribution >= 0.6 is 7.82 Å². The number of unbranched alkanes of at least 4 members (excludes halogenated alkanes) is 21. The zero-order chi connectivity index (χ0) is 43.2. The number of hydrogen-bond acceptors (Lipinski definition) is 8. The van der Waals surface area contributed by atoms with Crippen LogP contribution in [0.4, 0.5) is 0 Å². The van der Waals surface area contributed by atoms with Crippen LogP contribution in [0.3, 0.4) is 0 Å². The molecule has 0 fully saturated rings. The highest BCUT2D eigenvalue weighted by Crippen LogP contribution is 2.43. The SMILES string of the molecule is CC/C=C/C/C=C/C/C=C/C/C=C/C/C=C/CCCCCC(=O)OC[C@H](COP(=O)(O)OCCN)OC(=O)CCCCCCCCCCCCCCCCCCCCC. The average Bonchev–Trinajstić information content (AvgIpc) is 3.22. The van der Waals surface area contributed by atoms with Gasteiger partial charge in [-0.2, -0.15) is 0 Å². The molecule has 3 N–H and O–H groups in total. The molecule has 0 bridgehead atoms. The van der Waals surface area contributed by atoms with Crippen molar-refractivity contribution >= 4 is 19.8 Å². The molecule has 0 aliphatic carbocycles. The van der Waals surface area contributed by atoms with E-state index in [-0.39, 0.29) is 32.6 Å². The highest BCUT2D eigenvalue weighted by Gasteiger charge is 2.26. The number of carbonyl (C=O) groups excluding carboxylic acids is 2. The van der Waals surface area contributed by atoms with Gasteiger partial charge in [-0.3, -0.25) is 18.6 Å². The van der Waals surface area contributed by atoms with Gasteiger partial charge in [0.2, 0.25) is 0 Å². The van der Waals surface area contributed by atoms with Crippen LogP contribution in [0.1, 0.15) is 206 Å². The zero-order valence-corrected chi connectivity index (χ0v) is 38.6. The van der Waals surface area contributed by atoms with E-state index in [1.165, 1.54) is 96.3 Å². The molecule has 9 nitrogen and oxygen atoms in total. The van der Waals surface area contributed by atoms with Gasteiger partial charge < -0.3 is 20.1 Å². The molecule has 59 heavy (non-hydrogen) atoms. The number of esters is 2. The third kappa shape index (κ3) is 45.1. The van der Waals surface area contributed by atoms with Crippen LogP contribution in [0.2, 0.25) is 0 Å². The first kappa shape index (κ1) is 56.7. The van der Waals surface area contributed by atoms with E-state index in [0.29, 0.717) is 12.8 Å². The Morgan fingerprint density at radius 1 is 0.525 bits per heavy atom. The van der Waals surface area contributed by atoms with Crippen LogP contribution in [0.15, 0.2) is 60.8 Å². The molecule has 0 amide bonds. The number of nitrogens with two attached hydrogens (primary N) is 1. The van der Waals surface area contributed by atoms with Gasteiger partial charge in [0.1, 0.15) is 6.61 Å². The third-order valence-corrected chi connectivity index (χ3v) is 10.9. The highest BCUT2D eigenvalue weighted by atomic mass is 31.2. The number of carbonyl (C=O) groups is 2. The Bertz CT molecular complexity index is 1150. The quantitative estimate of drug-likeness (QED) is 0.0266. The molecule has 0 aromatic heterocycles. The van der Waals surface area contributed by atoms with Crippen molar-refractivity contribution in [3.05, 3.63) is 60.8 Å². The summed E-state index contributed by atoms with van der Waals surface area (Å²) in [4.78, 5) is 35.0. The molecule has 0 saturated heterocycles. The van der Waals surface area contributed by atoms with E-state index in [9.17, 15) is 19.0 Å². The number of phosphoric ester groups is 1. The number of ether oxygens (including phenoxy) is 2. The van der Waals surface area contributed by atoms with Gasteiger partial charge >= 0.3 is 19.8 Å². The second-order valence-electron chi connectivity index (χ2n) is 15.6. The van der Waals surface area contributed by atoms with Gasteiger partial charge in [-0.15, -0.1) is 0 Å². The van der Waals surface area contributed by atoms with Crippen LogP contribution in [0.5, 0.6) is 0 Å². The van der Waals surface area contributed by atoms with E-state index in [1.54, 1.807) is 0 Å². The van der Waals surface area contributed by atoms with E-state index in [2.05, 4.69) is 74.6 Å². The summed E-state index contributed by atoms with van der Waals surface area (Å²) >= 11 is 0. The molecule has 2 atom stereocenters. The molecule has 0 aromatic carbocycles. The molecule has 0 aromatic rings. The van der Waals surface area contributed by atoms with Gasteiger partial charge in [0.05, 0.1) is 13.2 Å². The maximum atomic E-state index is 12.6. The summed E-state index contributed by atoms with van der Waals surface area (Å²) in [5.74, 6) is -0.862. The fraction of sp³-hybridized carbons (Fsp3) is 0.755. The molecule has 0 aliphatic rings. The van der Waals surface area contributed by atoms with Crippen molar-refractivity contribution in [3.63, 3.8) is 0 Å². The Labute approximate surface area is 361 Å². The largest absolute Gasteiger partial charge is 0.472 e. The topological polar surface area (TPSA) is 134 Å². The molecule has 1 unspecified atom stereocenters. The molecule has 0 aliphatic heterocycles. The van der Waals surface area contributed by atoms with E-state index >= 15 is 0 Å². The summed E-state index contributed by atoms with van der Waals surface area (Å²) in [6.45, 7) is 3.60. The zero-order valence-electron chi connectivity index (χ0n) is 37.7. The first-order chi connectivity index (χ1) is 28.8. The van der Waals surface area contributed by atoms with Crippen LogP contribution in [-0.2, 0) is 32.7 Å². The second kappa shape index (κ2) is 45.2. The summed E-state index contributed by atoms with van der Waals surface area (Å²) < 4.78 is 32.8. The van der Waals surface area contributed by atoms with Crippen molar-refractivity contribution in [3.8, 4) is 0 Å². The van der Waals surface area contributed by atoms with Gasteiger partial charge in [-0.05, 0) is 57.8 Å². The van der Waals surface area contributed by atoms with Crippen molar-refractivity contribution in [1.29, 1.82) is 0 Å². The van der Waals surface area contributed by atoms with E-state index in [1.807, 2.05) is 0 Å². The highest BCUT2D eigenvalue weighted by molar-refractivity contribution is 7.47. The predicted octanol–water partition coefficient (Wildman–Crippen LogP) is 14.1. The van der Waals surface area contributed by atoms with Crippen LogP contribution < -0.4 is 5.73 Å². The minimum atomic E-state index is -4.39. The molecule has 0 spiro atoms. The van der Waals surface area contributed by atoms with Crippen molar-refractivity contribution in [2.24, 2.45) is 5.73 Å². The minimum absolute atomic E-state index is 0.0473. The summed E-state index contributed by atoms with van der Waals surface area (Å²) in [7, 11) is -4.39. The fourth-order valence-electron chi connectivity index (χ4n) is 6.43. The summed E-state index contributed by atoms with van der Waals surface area (Å²) in [5, 5.41) is 0. The Morgan fingerprint density at radius 3 is 1.39 bits per heavy atom. The van der Waals surface area contributed by atoms with Gasteiger partial charge in [0, 0.05) is 19.4 Å². The standard InChI is InChI=1S/C49H88NO8P/c1-3-5-7-9-11-13-15-17-19-21-23-25-27-29-31-33-35-37-39-41-48(51)55-45-47(46-57-59(53,54)56-44-43-50)58-49(52)42-40-38-36-34-32-30-28-26-24-22-20-18-16-14-12-10-8-6-4-2/h5,7,11,13,17,19,23,25,29,31,47H,3-4,6,8-10,12,14-16,18,20-22,24,26-28,30,32-46,50H2,1-2H3,(H,53,54)/b7-5+,13-11+,19-17+,25-23+,31-29+/t47-/m1/s1. The molecule has 0 heterocycles. The van der Waals surface area contributed by atoms with Gasteiger partial charge in [0.25, 0.3) is 0 Å². The lowest BCUT2D eigenvalue weighted by Crippen LogP contribution is -2.29. The van der Waals surface area contributed by atoms with Crippen molar-refractivity contribution < 1.29 is 37.6 Å². The van der Waals surface area contributed by atoms with E-state index < -0.39 is 32.5 Å². The third-order valence-electron chi connectivity index (χ3n) is 9.92. The van der Waals surface area contributed by atoms with Crippen LogP contribution in [-0.4, -0.2) is 49.3 Å². The van der Waals surface area contributed by atoms with Gasteiger partial charge in [-0.1, -0.05) is 197 Å². The number of phosphoric acid groups is 1. The molecule has 0 rings (SSSR count). The molecule has 0 radical (unpaired) electrons. The smallest absolute Gasteiger partial charge is 0.462 e. The van der Waals surface area contributed by atoms with E-state index in [0.717, 1.165) is 70.6 Å². The Balaban J connectivity index is 4.15. The lowest BCUT2D eigenvalue weighted by atomic mass is 10.0. The maximum absolute atomic E-state index is 12.6. The molecule has 10 heteroatoms. The minimum Gasteiger partial charge on any atom is -0.462 e. The summed E-state index contributed by atoms with van der Waals surface area (Å²) in [5.41, 5.74) is 5.36. The monoisotopic (exact) mass is 850 g/mol. The Hall–Kier alpha value is -2.29. The normalized spacial score (nSPS) is 13.8. The van der Waals surface area contributed by atoms with Crippen LogP contribution in [0, 0.1) is 0 Å². The molecule has 342 valence electrons. The van der Waals surface area contributed by atoms with Gasteiger partial charge in [-0.25, -0.2) is 4.57 Å². The first-order valence-corrected chi connectivity index (χ1v) is 25.3. The predicted molar refractivity (Wildman–Crippen MR) is 247 cm³/mol. The number of rotatable bonds is 44. The summed E-state index contributed by atoms with van der Waals surface area (Å²) in [6.07, 6.45) is 54.0. The Morgan fingerprint density at radius 2 is 0.932 bits per heavy atom. The summed E-state index contributed by atoms with van der Waals surface area (Å²) in [6, 6.07) is 0. The van der Waals surface area contributed by atoms with Gasteiger partial charge in [0.15, 0.2) is 6.10 Å².